The van der Waals surface area contributed by atoms with Crippen molar-refractivity contribution in [2.24, 2.45) is 0 Å². The third-order valence-corrected chi connectivity index (χ3v) is 4.85. The molecule has 0 saturated carbocycles. The summed E-state index contributed by atoms with van der Waals surface area (Å²) < 4.78 is 1.65. The van der Waals surface area contributed by atoms with E-state index in [1.807, 2.05) is 60.7 Å². The minimum absolute atomic E-state index is 0.0284. The maximum Gasteiger partial charge on any atom is 0.317 e. The summed E-state index contributed by atoms with van der Waals surface area (Å²) in [5, 5.41) is 13.7. The van der Waals surface area contributed by atoms with Crippen molar-refractivity contribution in [2.75, 3.05) is 13.1 Å². The summed E-state index contributed by atoms with van der Waals surface area (Å²) in [5.74, 6) is -0.267. The second kappa shape index (κ2) is 8.55. The lowest BCUT2D eigenvalue weighted by Crippen LogP contribution is -2.54. The molecule has 148 valence electrons. The van der Waals surface area contributed by atoms with Crippen LogP contribution in [0.5, 0.6) is 0 Å². The number of aromatic nitrogens is 3. The first kappa shape index (κ1) is 18.7. The number of benzene rings is 2. The normalized spacial score (nSPS) is 13.6. The van der Waals surface area contributed by atoms with E-state index in [-0.39, 0.29) is 23.7 Å². The SMILES string of the molecule is O=C(NCc1ccccc1)c1cn(C2CN(C(=O)NCc3ccccc3)C2)nn1. The van der Waals surface area contributed by atoms with Gasteiger partial charge in [0.05, 0.1) is 12.2 Å². The van der Waals surface area contributed by atoms with E-state index in [1.54, 1.807) is 15.8 Å². The van der Waals surface area contributed by atoms with Crippen molar-refractivity contribution in [3.8, 4) is 0 Å². The summed E-state index contributed by atoms with van der Waals surface area (Å²) >= 11 is 0. The maximum absolute atomic E-state index is 12.3. The van der Waals surface area contributed by atoms with E-state index >= 15 is 0 Å². The molecule has 29 heavy (non-hydrogen) atoms. The topological polar surface area (TPSA) is 92.2 Å². The number of hydrogen-bond donors (Lipinski definition) is 2. The number of amides is 3. The second-order valence-corrected chi connectivity index (χ2v) is 6.96. The van der Waals surface area contributed by atoms with Crippen LogP contribution in [-0.4, -0.2) is 44.9 Å². The number of nitrogens with zero attached hydrogens (tertiary/aromatic N) is 4. The molecule has 0 radical (unpaired) electrons. The van der Waals surface area contributed by atoms with Crippen LogP contribution in [0.15, 0.2) is 66.9 Å². The highest BCUT2D eigenvalue weighted by atomic mass is 16.2. The molecule has 2 aromatic carbocycles. The fourth-order valence-corrected chi connectivity index (χ4v) is 3.10. The largest absolute Gasteiger partial charge is 0.347 e. The molecule has 1 fully saturated rings. The van der Waals surface area contributed by atoms with Crippen molar-refractivity contribution < 1.29 is 9.59 Å². The molecule has 0 atom stereocenters. The minimum atomic E-state index is -0.267. The molecule has 0 spiro atoms. The zero-order valence-corrected chi connectivity index (χ0v) is 15.9. The van der Waals surface area contributed by atoms with E-state index < -0.39 is 0 Å². The summed E-state index contributed by atoms with van der Waals surface area (Å²) in [6, 6.07) is 19.4. The Hall–Kier alpha value is -3.68. The molecule has 4 rings (SSSR count). The molecule has 8 nitrogen and oxygen atoms in total. The summed E-state index contributed by atoms with van der Waals surface area (Å²) in [7, 11) is 0. The first-order valence-corrected chi connectivity index (χ1v) is 9.50. The van der Waals surface area contributed by atoms with Gasteiger partial charge in [-0.2, -0.15) is 0 Å². The second-order valence-electron chi connectivity index (χ2n) is 6.96. The highest BCUT2D eigenvalue weighted by Gasteiger charge is 2.33. The molecule has 2 N–H and O–H groups in total. The van der Waals surface area contributed by atoms with Crippen LogP contribution < -0.4 is 10.6 Å². The van der Waals surface area contributed by atoms with E-state index in [4.69, 9.17) is 0 Å². The number of likely N-dealkylation sites (tertiary alicyclic amines) is 1. The molecule has 2 heterocycles. The number of carbonyl (C=O) groups excluding carboxylic acids is 2. The van der Waals surface area contributed by atoms with Crippen LogP contribution in [0, 0.1) is 0 Å². The van der Waals surface area contributed by atoms with E-state index in [9.17, 15) is 9.59 Å². The molecule has 0 aliphatic carbocycles. The first-order valence-electron chi connectivity index (χ1n) is 9.50. The molecule has 1 aliphatic heterocycles. The Balaban J connectivity index is 1.23. The van der Waals surface area contributed by atoms with Crippen molar-refractivity contribution in [1.82, 2.24) is 30.5 Å². The molecule has 8 heteroatoms. The number of rotatable bonds is 6. The van der Waals surface area contributed by atoms with Gasteiger partial charge in [0.2, 0.25) is 0 Å². The number of nitrogens with one attached hydrogen (secondary N) is 2. The maximum atomic E-state index is 12.3. The lowest BCUT2D eigenvalue weighted by molar-refractivity contribution is 0.0945. The Kier molecular flexibility index (Phi) is 5.51. The van der Waals surface area contributed by atoms with Crippen LogP contribution in [0.4, 0.5) is 4.79 Å². The van der Waals surface area contributed by atoms with Gasteiger partial charge in [0.25, 0.3) is 5.91 Å². The molecule has 1 saturated heterocycles. The highest BCUT2D eigenvalue weighted by molar-refractivity contribution is 5.91. The lowest BCUT2D eigenvalue weighted by Gasteiger charge is -2.38. The van der Waals surface area contributed by atoms with Crippen molar-refractivity contribution >= 4 is 11.9 Å². The lowest BCUT2D eigenvalue weighted by atomic mass is 10.1. The van der Waals surface area contributed by atoms with Crippen LogP contribution >= 0.6 is 0 Å². The van der Waals surface area contributed by atoms with Crippen molar-refractivity contribution in [1.29, 1.82) is 0 Å². The number of hydrogen-bond acceptors (Lipinski definition) is 4. The summed E-state index contributed by atoms with van der Waals surface area (Å²) in [4.78, 5) is 26.2. The van der Waals surface area contributed by atoms with Crippen molar-refractivity contribution in [3.63, 3.8) is 0 Å². The Morgan fingerprint density at radius 2 is 1.48 bits per heavy atom. The van der Waals surface area contributed by atoms with Gasteiger partial charge in [-0.05, 0) is 11.1 Å². The third-order valence-electron chi connectivity index (χ3n) is 4.85. The molecule has 1 aromatic heterocycles. The smallest absolute Gasteiger partial charge is 0.317 e. The van der Waals surface area contributed by atoms with Gasteiger partial charge in [0.15, 0.2) is 5.69 Å². The molecule has 3 amide bonds. The number of carbonyl (C=O) groups is 2. The average Bonchev–Trinajstić information content (AvgIpc) is 3.21. The summed E-state index contributed by atoms with van der Waals surface area (Å²) in [6.45, 7) is 2.01. The fraction of sp³-hybridized carbons (Fsp3) is 0.238. The minimum Gasteiger partial charge on any atom is -0.347 e. The Morgan fingerprint density at radius 3 is 2.10 bits per heavy atom. The first-order chi connectivity index (χ1) is 14.2. The molecule has 0 bridgehead atoms. The van der Waals surface area contributed by atoms with Crippen LogP contribution in [0.3, 0.4) is 0 Å². The van der Waals surface area contributed by atoms with Gasteiger partial charge >= 0.3 is 6.03 Å². The van der Waals surface area contributed by atoms with Gasteiger partial charge < -0.3 is 15.5 Å². The standard InChI is InChI=1S/C21H22N6O2/c28-20(22-11-16-7-3-1-4-8-16)19-15-27(25-24-19)18-13-26(14-18)21(29)23-12-17-9-5-2-6-10-17/h1-10,15,18H,11-14H2,(H,22,28)(H,23,29). The van der Waals surface area contributed by atoms with Gasteiger partial charge in [-0.3, -0.25) is 4.79 Å². The van der Waals surface area contributed by atoms with Gasteiger partial charge in [0.1, 0.15) is 0 Å². The molecular formula is C21H22N6O2. The van der Waals surface area contributed by atoms with Crippen LogP contribution in [0.1, 0.15) is 27.7 Å². The van der Waals surface area contributed by atoms with Crippen LogP contribution in [0.2, 0.25) is 0 Å². The van der Waals surface area contributed by atoms with E-state index in [2.05, 4.69) is 20.9 Å². The van der Waals surface area contributed by atoms with Crippen molar-refractivity contribution in [3.05, 3.63) is 83.7 Å². The van der Waals surface area contributed by atoms with Crippen LogP contribution in [0.25, 0.3) is 0 Å². The quantitative estimate of drug-likeness (QED) is 0.673. The van der Waals surface area contributed by atoms with E-state index in [1.165, 1.54) is 0 Å². The predicted molar refractivity (Wildman–Crippen MR) is 107 cm³/mol. The molecule has 0 unspecified atom stereocenters. The zero-order chi connectivity index (χ0) is 20.1. The average molecular weight is 390 g/mol. The highest BCUT2D eigenvalue weighted by Crippen LogP contribution is 2.20. The Labute approximate surface area is 168 Å². The number of urea groups is 1. The molecular weight excluding hydrogens is 368 g/mol. The molecule has 3 aromatic rings. The third kappa shape index (κ3) is 4.60. The fourth-order valence-electron chi connectivity index (χ4n) is 3.10. The van der Waals surface area contributed by atoms with Crippen molar-refractivity contribution in [2.45, 2.75) is 19.1 Å². The summed E-state index contributed by atoms with van der Waals surface area (Å²) in [5.41, 5.74) is 2.35. The van der Waals surface area contributed by atoms with Gasteiger partial charge in [-0.15, -0.1) is 5.10 Å². The Morgan fingerprint density at radius 1 is 0.897 bits per heavy atom. The van der Waals surface area contributed by atoms with Gasteiger partial charge in [-0.1, -0.05) is 65.9 Å². The van der Waals surface area contributed by atoms with Gasteiger partial charge in [-0.25, -0.2) is 9.48 Å². The zero-order valence-electron chi connectivity index (χ0n) is 15.9. The predicted octanol–water partition coefficient (Wildman–Crippen LogP) is 1.97. The molecule has 1 aliphatic rings. The summed E-state index contributed by atoms with van der Waals surface area (Å²) in [6.07, 6.45) is 1.63. The van der Waals surface area contributed by atoms with Crippen LogP contribution in [-0.2, 0) is 13.1 Å². The Bertz CT molecular complexity index is 967. The van der Waals surface area contributed by atoms with E-state index in [0.29, 0.717) is 26.2 Å². The monoisotopic (exact) mass is 390 g/mol. The van der Waals surface area contributed by atoms with Gasteiger partial charge in [0, 0.05) is 26.2 Å². The van der Waals surface area contributed by atoms with E-state index in [0.717, 1.165) is 11.1 Å².